The third-order valence-electron chi connectivity index (χ3n) is 4.75. The summed E-state index contributed by atoms with van der Waals surface area (Å²) in [6.45, 7) is 11.0. The predicted octanol–water partition coefficient (Wildman–Crippen LogP) is 1.24. The molecule has 1 aliphatic rings. The zero-order valence-corrected chi connectivity index (χ0v) is 15.2. The zero-order valence-electron chi connectivity index (χ0n) is 15.2. The standard InChI is InChI=1S/C17H30N6O/c1-5-20-16(21-11-17(3,4)15(18)24)22-8-6-13(2)14(10-22)23-9-7-19-12-23/h7,9,12-14H,5-6,8,10-11H2,1-4H3,(H2,18,24)(H,20,21). The minimum atomic E-state index is -0.645. The number of hydrogen-bond donors (Lipinski definition) is 2. The first-order chi connectivity index (χ1) is 11.3. The molecule has 1 fully saturated rings. The van der Waals surface area contributed by atoms with E-state index in [2.05, 4.69) is 38.6 Å². The number of aliphatic imine (C=N–C) groups is 1. The molecule has 0 aliphatic carbocycles. The van der Waals surface area contributed by atoms with Gasteiger partial charge in [0.05, 0.1) is 24.3 Å². The summed E-state index contributed by atoms with van der Waals surface area (Å²) in [6.07, 6.45) is 6.81. The maximum absolute atomic E-state index is 11.5. The molecule has 0 aromatic carbocycles. The quantitative estimate of drug-likeness (QED) is 0.626. The molecule has 134 valence electrons. The van der Waals surface area contributed by atoms with Crippen molar-refractivity contribution < 1.29 is 4.79 Å². The van der Waals surface area contributed by atoms with E-state index in [1.807, 2.05) is 32.6 Å². The van der Waals surface area contributed by atoms with Crippen LogP contribution in [0.1, 0.15) is 40.2 Å². The lowest BCUT2D eigenvalue weighted by atomic mass is 9.92. The Labute approximate surface area is 144 Å². The van der Waals surface area contributed by atoms with Crippen LogP contribution in [0.5, 0.6) is 0 Å². The highest BCUT2D eigenvalue weighted by Gasteiger charge is 2.30. The number of nitrogens with zero attached hydrogens (tertiary/aromatic N) is 4. The highest BCUT2D eigenvalue weighted by Crippen LogP contribution is 2.27. The van der Waals surface area contributed by atoms with Gasteiger partial charge in [-0.3, -0.25) is 9.79 Å². The average molecular weight is 334 g/mol. The number of amides is 1. The van der Waals surface area contributed by atoms with E-state index in [0.717, 1.165) is 32.0 Å². The average Bonchev–Trinajstić information content (AvgIpc) is 3.06. The number of nitrogens with one attached hydrogen (secondary N) is 1. The Kier molecular flexibility index (Phi) is 5.85. The van der Waals surface area contributed by atoms with Crippen LogP contribution in [-0.4, -0.2) is 52.5 Å². The number of piperidine rings is 1. The molecule has 1 amide bonds. The van der Waals surface area contributed by atoms with Crippen molar-refractivity contribution in [2.24, 2.45) is 22.1 Å². The number of carbonyl (C=O) groups is 1. The molecule has 0 spiro atoms. The second-order valence-electron chi connectivity index (χ2n) is 7.21. The lowest BCUT2D eigenvalue weighted by Crippen LogP contribution is -2.49. The molecule has 2 atom stereocenters. The van der Waals surface area contributed by atoms with E-state index in [1.165, 1.54) is 0 Å². The van der Waals surface area contributed by atoms with Crippen molar-refractivity contribution in [3.8, 4) is 0 Å². The highest BCUT2D eigenvalue weighted by molar-refractivity contribution is 5.82. The molecule has 2 rings (SSSR count). The Balaban J connectivity index is 2.14. The van der Waals surface area contributed by atoms with Crippen molar-refractivity contribution in [2.45, 2.75) is 40.2 Å². The molecule has 2 heterocycles. The fourth-order valence-corrected chi connectivity index (χ4v) is 2.87. The van der Waals surface area contributed by atoms with Gasteiger partial charge in [0.2, 0.25) is 5.91 Å². The van der Waals surface area contributed by atoms with E-state index in [9.17, 15) is 4.79 Å². The van der Waals surface area contributed by atoms with Crippen LogP contribution in [0.4, 0.5) is 0 Å². The first-order valence-electron chi connectivity index (χ1n) is 8.65. The van der Waals surface area contributed by atoms with Gasteiger partial charge < -0.3 is 20.5 Å². The van der Waals surface area contributed by atoms with Crippen molar-refractivity contribution in [1.29, 1.82) is 0 Å². The Morgan fingerprint density at radius 2 is 2.25 bits per heavy atom. The maximum Gasteiger partial charge on any atom is 0.224 e. The number of rotatable bonds is 5. The van der Waals surface area contributed by atoms with Gasteiger partial charge in [0.1, 0.15) is 0 Å². The van der Waals surface area contributed by atoms with Crippen LogP contribution in [-0.2, 0) is 4.79 Å². The molecule has 2 unspecified atom stereocenters. The highest BCUT2D eigenvalue weighted by atomic mass is 16.1. The maximum atomic E-state index is 11.5. The molecular formula is C17H30N6O. The van der Waals surface area contributed by atoms with Gasteiger partial charge in [-0.25, -0.2) is 4.98 Å². The van der Waals surface area contributed by atoms with E-state index in [-0.39, 0.29) is 5.91 Å². The third-order valence-corrected chi connectivity index (χ3v) is 4.75. The van der Waals surface area contributed by atoms with Crippen molar-refractivity contribution in [3.63, 3.8) is 0 Å². The van der Waals surface area contributed by atoms with Crippen LogP contribution in [0.2, 0.25) is 0 Å². The Morgan fingerprint density at radius 1 is 1.50 bits per heavy atom. The van der Waals surface area contributed by atoms with E-state index >= 15 is 0 Å². The Morgan fingerprint density at radius 3 is 2.83 bits per heavy atom. The summed E-state index contributed by atoms with van der Waals surface area (Å²) >= 11 is 0. The number of carbonyl (C=O) groups excluding carboxylic acids is 1. The van der Waals surface area contributed by atoms with E-state index < -0.39 is 5.41 Å². The molecular weight excluding hydrogens is 304 g/mol. The molecule has 0 bridgehead atoms. The molecule has 1 aromatic heterocycles. The molecule has 3 N–H and O–H groups in total. The summed E-state index contributed by atoms with van der Waals surface area (Å²) in [6, 6.07) is 0.370. The van der Waals surface area contributed by atoms with Crippen molar-refractivity contribution >= 4 is 11.9 Å². The predicted molar refractivity (Wildman–Crippen MR) is 95.6 cm³/mol. The van der Waals surface area contributed by atoms with Gasteiger partial charge in [0.15, 0.2) is 5.96 Å². The summed E-state index contributed by atoms with van der Waals surface area (Å²) in [5, 5.41) is 3.34. The fraction of sp³-hybridized carbons (Fsp3) is 0.706. The lowest BCUT2D eigenvalue weighted by molar-refractivity contribution is -0.125. The number of hydrogen-bond acceptors (Lipinski definition) is 3. The second kappa shape index (κ2) is 7.68. The smallest absolute Gasteiger partial charge is 0.224 e. The van der Waals surface area contributed by atoms with Crippen LogP contribution in [0.15, 0.2) is 23.7 Å². The van der Waals surface area contributed by atoms with Gasteiger partial charge in [-0.15, -0.1) is 0 Å². The van der Waals surface area contributed by atoms with Gasteiger partial charge in [-0.2, -0.15) is 0 Å². The van der Waals surface area contributed by atoms with Gasteiger partial charge >= 0.3 is 0 Å². The number of aromatic nitrogens is 2. The molecule has 1 saturated heterocycles. The van der Waals surface area contributed by atoms with Crippen LogP contribution in [0, 0.1) is 11.3 Å². The van der Waals surface area contributed by atoms with Crippen molar-refractivity contribution in [1.82, 2.24) is 19.8 Å². The van der Waals surface area contributed by atoms with Crippen LogP contribution < -0.4 is 11.1 Å². The van der Waals surface area contributed by atoms with Crippen molar-refractivity contribution in [3.05, 3.63) is 18.7 Å². The molecule has 7 heteroatoms. The SMILES string of the molecule is CCNC(=NCC(C)(C)C(N)=O)N1CCC(C)C(n2ccnc2)C1. The largest absolute Gasteiger partial charge is 0.369 e. The number of primary amides is 1. The van der Waals surface area contributed by atoms with Gasteiger partial charge in [-0.1, -0.05) is 6.92 Å². The number of likely N-dealkylation sites (tertiary alicyclic amines) is 1. The van der Waals surface area contributed by atoms with E-state index in [4.69, 9.17) is 5.73 Å². The van der Waals surface area contributed by atoms with Crippen molar-refractivity contribution in [2.75, 3.05) is 26.2 Å². The summed E-state index contributed by atoms with van der Waals surface area (Å²) in [5.41, 5.74) is 4.82. The topological polar surface area (TPSA) is 88.5 Å². The minimum Gasteiger partial charge on any atom is -0.369 e. The normalized spacial score (nSPS) is 22.5. The summed E-state index contributed by atoms with van der Waals surface area (Å²) in [4.78, 5) is 22.6. The summed E-state index contributed by atoms with van der Waals surface area (Å²) in [7, 11) is 0. The van der Waals surface area contributed by atoms with Crippen LogP contribution >= 0.6 is 0 Å². The molecule has 0 radical (unpaired) electrons. The van der Waals surface area contributed by atoms with Gasteiger partial charge in [-0.05, 0) is 33.1 Å². The van der Waals surface area contributed by atoms with E-state index in [0.29, 0.717) is 18.5 Å². The molecule has 0 saturated carbocycles. The van der Waals surface area contributed by atoms with Crippen LogP contribution in [0.3, 0.4) is 0 Å². The van der Waals surface area contributed by atoms with Gasteiger partial charge in [0.25, 0.3) is 0 Å². The monoisotopic (exact) mass is 334 g/mol. The number of nitrogens with two attached hydrogens (primary N) is 1. The lowest BCUT2D eigenvalue weighted by Gasteiger charge is -2.39. The molecule has 7 nitrogen and oxygen atoms in total. The van der Waals surface area contributed by atoms with E-state index in [1.54, 1.807) is 0 Å². The third kappa shape index (κ3) is 4.27. The minimum absolute atomic E-state index is 0.328. The Hall–Kier alpha value is -2.05. The molecule has 24 heavy (non-hydrogen) atoms. The first kappa shape index (κ1) is 18.3. The first-order valence-corrected chi connectivity index (χ1v) is 8.65. The molecule has 1 aromatic rings. The fourth-order valence-electron chi connectivity index (χ4n) is 2.87. The summed E-state index contributed by atoms with van der Waals surface area (Å²) in [5.74, 6) is 1.11. The van der Waals surface area contributed by atoms with Gasteiger partial charge in [0, 0.05) is 32.0 Å². The number of imidazole rings is 1. The number of guanidine groups is 1. The summed E-state index contributed by atoms with van der Waals surface area (Å²) < 4.78 is 2.17. The van der Waals surface area contributed by atoms with Crippen LogP contribution in [0.25, 0.3) is 0 Å². The Bertz CT molecular complexity index is 566. The second-order valence-corrected chi connectivity index (χ2v) is 7.21. The zero-order chi connectivity index (χ0) is 17.7. The molecule has 1 aliphatic heterocycles.